The number of fused-ring (bicyclic) bond motifs is 1. The van der Waals surface area contributed by atoms with Gasteiger partial charge in [-0.3, -0.25) is 4.79 Å². The molecule has 2 unspecified atom stereocenters. The highest BCUT2D eigenvalue weighted by molar-refractivity contribution is 6.09. The van der Waals surface area contributed by atoms with Crippen molar-refractivity contribution in [3.8, 4) is 17.0 Å². The zero-order chi connectivity index (χ0) is 22.2. The smallest absolute Gasteiger partial charge is 0.255 e. The number of carbonyl (C=O) groups is 1. The van der Waals surface area contributed by atoms with E-state index in [-0.39, 0.29) is 24.4 Å². The van der Waals surface area contributed by atoms with E-state index in [1.54, 1.807) is 0 Å². The van der Waals surface area contributed by atoms with E-state index < -0.39 is 6.10 Å². The summed E-state index contributed by atoms with van der Waals surface area (Å²) in [6, 6.07) is 5.89. The number of benzene rings is 1. The van der Waals surface area contributed by atoms with E-state index in [2.05, 4.69) is 44.6 Å². The van der Waals surface area contributed by atoms with Crippen molar-refractivity contribution in [1.29, 1.82) is 0 Å². The lowest BCUT2D eigenvalue weighted by Crippen LogP contribution is -2.42. The van der Waals surface area contributed by atoms with Crippen LogP contribution in [0.1, 0.15) is 41.4 Å². The van der Waals surface area contributed by atoms with Crippen LogP contribution in [0.3, 0.4) is 0 Å². The number of aryl methyl sites for hydroxylation is 2. The molecule has 2 aromatic heterocycles. The Morgan fingerprint density at radius 2 is 2.09 bits per heavy atom. The van der Waals surface area contributed by atoms with Gasteiger partial charge in [0.1, 0.15) is 23.3 Å². The molecule has 2 aliphatic rings. The molecule has 176 valence electrons. The van der Waals surface area contributed by atoms with Crippen LogP contribution in [0.25, 0.3) is 22.3 Å². The van der Waals surface area contributed by atoms with Crippen LogP contribution in [0, 0.1) is 12.8 Å². The summed E-state index contributed by atoms with van der Waals surface area (Å²) in [5, 5.41) is 16.1. The highest BCUT2D eigenvalue weighted by atomic mass is 35.5. The highest BCUT2D eigenvalue weighted by Crippen LogP contribution is 2.37. The monoisotopic (exact) mass is 471 g/mol. The van der Waals surface area contributed by atoms with E-state index in [4.69, 9.17) is 4.74 Å². The van der Waals surface area contributed by atoms with Gasteiger partial charge in [0, 0.05) is 24.3 Å². The van der Waals surface area contributed by atoms with Crippen molar-refractivity contribution in [2.24, 2.45) is 5.92 Å². The molecule has 33 heavy (non-hydrogen) atoms. The van der Waals surface area contributed by atoms with Crippen LogP contribution in [0.4, 0.5) is 0 Å². The molecule has 3 aromatic rings. The lowest BCUT2D eigenvalue weighted by atomic mass is 10.0. The Balaban J connectivity index is 0.00000259. The maximum atomic E-state index is 13.1. The number of β-amino-alcohol motifs (C(OH)–C–C–N with tert-alkyl or cyclic N) is 1. The van der Waals surface area contributed by atoms with Crippen LogP contribution in [-0.4, -0.2) is 57.8 Å². The van der Waals surface area contributed by atoms with E-state index in [1.165, 1.54) is 24.7 Å². The molecular formula is C24H30ClN5O3. The Kier molecular flexibility index (Phi) is 6.88. The number of aromatic nitrogens is 3. The Labute approximate surface area is 199 Å². The Hall–Kier alpha value is -2.68. The third-order valence-corrected chi connectivity index (χ3v) is 6.38. The SMILES string of the molecule is CCc1ccc(OCC2CC2)c(-c2ncnc3c(C(=O)NC4CNCC4O)c(C)[nH]c23)c1.Cl. The van der Waals surface area contributed by atoms with Gasteiger partial charge in [0.25, 0.3) is 5.91 Å². The minimum absolute atomic E-state index is 0. The normalized spacial score (nSPS) is 20.0. The van der Waals surface area contributed by atoms with Crippen LogP contribution in [0.2, 0.25) is 0 Å². The summed E-state index contributed by atoms with van der Waals surface area (Å²) in [6.07, 6.45) is 4.24. The van der Waals surface area contributed by atoms with Crippen molar-refractivity contribution in [3.63, 3.8) is 0 Å². The molecular weight excluding hydrogens is 442 g/mol. The zero-order valence-electron chi connectivity index (χ0n) is 18.9. The zero-order valence-corrected chi connectivity index (χ0v) is 19.7. The summed E-state index contributed by atoms with van der Waals surface area (Å²) in [6.45, 7) is 5.70. The van der Waals surface area contributed by atoms with Crippen molar-refractivity contribution in [3.05, 3.63) is 41.3 Å². The highest BCUT2D eigenvalue weighted by Gasteiger charge is 2.29. The molecule has 9 heteroatoms. The van der Waals surface area contributed by atoms with Crippen LogP contribution < -0.4 is 15.4 Å². The summed E-state index contributed by atoms with van der Waals surface area (Å²) < 4.78 is 6.16. The minimum atomic E-state index is -0.599. The second-order valence-corrected chi connectivity index (χ2v) is 8.81. The van der Waals surface area contributed by atoms with E-state index in [1.807, 2.05) is 13.0 Å². The predicted octanol–water partition coefficient (Wildman–Crippen LogP) is 2.77. The van der Waals surface area contributed by atoms with E-state index in [0.717, 1.165) is 23.4 Å². The molecule has 1 saturated carbocycles. The number of H-pyrrole nitrogens is 1. The van der Waals surface area contributed by atoms with Gasteiger partial charge in [-0.05, 0) is 49.8 Å². The maximum absolute atomic E-state index is 13.1. The lowest BCUT2D eigenvalue weighted by Gasteiger charge is -2.15. The number of ether oxygens (including phenoxy) is 1. The Bertz CT molecular complexity index is 1160. The fourth-order valence-electron chi connectivity index (χ4n) is 4.26. The van der Waals surface area contributed by atoms with Crippen molar-refractivity contribution in [1.82, 2.24) is 25.6 Å². The molecule has 1 aliphatic carbocycles. The maximum Gasteiger partial charge on any atom is 0.255 e. The summed E-state index contributed by atoms with van der Waals surface area (Å²) >= 11 is 0. The summed E-state index contributed by atoms with van der Waals surface area (Å²) in [4.78, 5) is 25.4. The second kappa shape index (κ2) is 9.67. The molecule has 0 bridgehead atoms. The van der Waals surface area contributed by atoms with Crippen LogP contribution >= 0.6 is 12.4 Å². The van der Waals surface area contributed by atoms with Gasteiger partial charge >= 0.3 is 0 Å². The third-order valence-electron chi connectivity index (χ3n) is 6.38. The number of rotatable bonds is 7. The van der Waals surface area contributed by atoms with Gasteiger partial charge in [-0.2, -0.15) is 0 Å². The molecule has 1 aliphatic heterocycles. The molecule has 4 N–H and O–H groups in total. The summed E-state index contributed by atoms with van der Waals surface area (Å²) in [5.74, 6) is 1.19. The molecule has 1 amide bonds. The molecule has 2 fully saturated rings. The molecule has 0 radical (unpaired) electrons. The van der Waals surface area contributed by atoms with Crippen LogP contribution in [0.5, 0.6) is 5.75 Å². The molecule has 1 aromatic carbocycles. The summed E-state index contributed by atoms with van der Waals surface area (Å²) in [5.41, 5.74) is 5.29. The average Bonchev–Trinajstić information content (AvgIpc) is 3.44. The molecule has 5 rings (SSSR count). The molecule has 1 saturated heterocycles. The first kappa shape index (κ1) is 23.5. The number of hydrogen-bond acceptors (Lipinski definition) is 6. The first-order chi connectivity index (χ1) is 15.5. The van der Waals surface area contributed by atoms with Crippen LogP contribution in [-0.2, 0) is 6.42 Å². The van der Waals surface area contributed by atoms with Gasteiger partial charge in [-0.15, -0.1) is 12.4 Å². The quantitative estimate of drug-likeness (QED) is 0.421. The molecule has 0 spiro atoms. The van der Waals surface area contributed by atoms with E-state index in [9.17, 15) is 9.90 Å². The Morgan fingerprint density at radius 1 is 1.27 bits per heavy atom. The van der Waals surface area contributed by atoms with Gasteiger partial charge in [0.05, 0.1) is 29.8 Å². The van der Waals surface area contributed by atoms with Crippen molar-refractivity contribution in [2.45, 2.75) is 45.3 Å². The lowest BCUT2D eigenvalue weighted by molar-refractivity contribution is 0.0889. The molecule has 2 atom stereocenters. The fourth-order valence-corrected chi connectivity index (χ4v) is 4.26. The van der Waals surface area contributed by atoms with Crippen molar-refractivity contribution < 1.29 is 14.6 Å². The summed E-state index contributed by atoms with van der Waals surface area (Å²) in [7, 11) is 0. The average molecular weight is 472 g/mol. The third kappa shape index (κ3) is 4.69. The van der Waals surface area contributed by atoms with Gasteiger partial charge in [-0.25, -0.2) is 9.97 Å². The van der Waals surface area contributed by atoms with E-state index in [0.29, 0.717) is 47.9 Å². The van der Waals surface area contributed by atoms with Crippen molar-refractivity contribution >= 4 is 29.3 Å². The van der Waals surface area contributed by atoms with Crippen LogP contribution in [0.15, 0.2) is 24.5 Å². The van der Waals surface area contributed by atoms with Gasteiger partial charge < -0.3 is 25.5 Å². The number of halogens is 1. The predicted molar refractivity (Wildman–Crippen MR) is 129 cm³/mol. The topological polar surface area (TPSA) is 112 Å². The number of nitrogens with one attached hydrogen (secondary N) is 3. The number of aromatic amines is 1. The number of hydrogen-bond donors (Lipinski definition) is 4. The number of aliphatic hydroxyl groups excluding tert-OH is 1. The molecule has 8 nitrogen and oxygen atoms in total. The Morgan fingerprint density at radius 3 is 2.79 bits per heavy atom. The fraction of sp³-hybridized carbons (Fsp3) is 0.458. The van der Waals surface area contributed by atoms with Gasteiger partial charge in [-0.1, -0.05) is 13.0 Å². The number of carbonyl (C=O) groups excluding carboxylic acids is 1. The first-order valence-corrected chi connectivity index (χ1v) is 11.3. The second-order valence-electron chi connectivity index (χ2n) is 8.81. The number of nitrogens with zero attached hydrogens (tertiary/aromatic N) is 2. The van der Waals surface area contributed by atoms with E-state index >= 15 is 0 Å². The van der Waals surface area contributed by atoms with Gasteiger partial charge in [0.2, 0.25) is 0 Å². The first-order valence-electron chi connectivity index (χ1n) is 11.3. The number of aliphatic hydroxyl groups is 1. The minimum Gasteiger partial charge on any atom is -0.493 e. The standard InChI is InChI=1S/C24H29N5O3.ClH/c1-3-14-6-7-19(32-11-15-4-5-15)16(8-14)21-23-22(27-12-26-21)20(13(2)28-23)24(31)29-17-9-25-10-18(17)30;/h6-8,12,15,17-18,25,28,30H,3-5,9-11H2,1-2H3,(H,29,31);1H. The van der Waals surface area contributed by atoms with Gasteiger partial charge in [0.15, 0.2) is 0 Å². The largest absolute Gasteiger partial charge is 0.493 e. The number of amides is 1. The molecule has 3 heterocycles. The van der Waals surface area contributed by atoms with Crippen molar-refractivity contribution in [2.75, 3.05) is 19.7 Å².